The van der Waals surface area contributed by atoms with Crippen LogP contribution in [0.25, 0.3) is 0 Å². The molecule has 0 atom stereocenters. The lowest BCUT2D eigenvalue weighted by molar-refractivity contribution is 0.122. The summed E-state index contributed by atoms with van der Waals surface area (Å²) in [7, 11) is 0. The summed E-state index contributed by atoms with van der Waals surface area (Å²) in [6.07, 6.45) is 1.32. The topological polar surface area (TPSA) is 42.4 Å². The zero-order valence-electron chi connectivity index (χ0n) is 12.3. The Kier molecular flexibility index (Phi) is 5.35. The van der Waals surface area contributed by atoms with Crippen molar-refractivity contribution in [2.45, 2.75) is 53.6 Å². The van der Waals surface area contributed by atoms with E-state index in [1.165, 1.54) is 0 Å². The molecule has 0 aromatic carbocycles. The fraction of sp³-hybridized carbons (Fsp3) is 0.571. The zero-order valence-corrected chi connectivity index (χ0v) is 13.9. The number of hydrogen-bond donors (Lipinski definition) is 0. The van der Waals surface area contributed by atoms with Crippen molar-refractivity contribution in [3.05, 3.63) is 21.9 Å². The number of aryl methyl sites for hydroxylation is 1. The highest BCUT2D eigenvalue weighted by Gasteiger charge is 2.23. The van der Waals surface area contributed by atoms with E-state index >= 15 is 0 Å². The first-order valence-electron chi connectivity index (χ1n) is 6.37. The molecule has 5 heteroatoms. The highest BCUT2D eigenvalue weighted by atomic mass is 79.9. The third-order valence-corrected chi connectivity index (χ3v) is 3.55. The number of aromatic nitrogens is 1. The fourth-order valence-electron chi connectivity index (χ4n) is 1.94. The van der Waals surface area contributed by atoms with E-state index in [1.54, 1.807) is 11.1 Å². The van der Waals surface area contributed by atoms with Crippen LogP contribution in [-0.2, 0) is 0 Å². The van der Waals surface area contributed by atoms with Crippen molar-refractivity contribution >= 4 is 22.0 Å². The number of hydrogen-bond acceptors (Lipinski definition) is 3. The van der Waals surface area contributed by atoms with E-state index in [0.717, 1.165) is 11.3 Å². The largest absolute Gasteiger partial charge is 0.415 e. The van der Waals surface area contributed by atoms with Crippen LogP contribution in [0.2, 0.25) is 0 Å². The van der Waals surface area contributed by atoms with E-state index in [2.05, 4.69) is 20.9 Å². The minimum Gasteiger partial charge on any atom is -0.409 e. The SMILES string of the molecule is Cc1ncc(Br)c(OC(=O)N(C(C)C)C(C)C)c1C. The van der Waals surface area contributed by atoms with Crippen molar-refractivity contribution in [1.29, 1.82) is 0 Å². The lowest BCUT2D eigenvalue weighted by Crippen LogP contribution is -2.43. The molecule has 0 aliphatic rings. The average molecular weight is 329 g/mol. The molecule has 0 spiro atoms. The van der Waals surface area contributed by atoms with Crippen molar-refractivity contribution in [2.75, 3.05) is 0 Å². The summed E-state index contributed by atoms with van der Waals surface area (Å²) in [6.45, 7) is 11.7. The number of ether oxygens (including phenoxy) is 1. The lowest BCUT2D eigenvalue weighted by Gasteiger charge is -2.30. The predicted octanol–water partition coefficient (Wildman–Crippen LogP) is 4.08. The van der Waals surface area contributed by atoms with Crippen LogP contribution in [-0.4, -0.2) is 28.1 Å². The van der Waals surface area contributed by atoms with Crippen LogP contribution in [0, 0.1) is 13.8 Å². The third-order valence-electron chi connectivity index (χ3n) is 2.98. The number of carbonyl (C=O) groups is 1. The van der Waals surface area contributed by atoms with Gasteiger partial charge in [-0.25, -0.2) is 4.79 Å². The molecule has 4 nitrogen and oxygen atoms in total. The highest BCUT2D eigenvalue weighted by molar-refractivity contribution is 9.10. The first kappa shape index (κ1) is 16.0. The summed E-state index contributed by atoms with van der Waals surface area (Å²) in [5, 5.41) is 0. The van der Waals surface area contributed by atoms with Crippen LogP contribution in [0.5, 0.6) is 5.75 Å². The Hall–Kier alpha value is -1.10. The van der Waals surface area contributed by atoms with Crippen LogP contribution in [0.1, 0.15) is 39.0 Å². The maximum Gasteiger partial charge on any atom is 0.415 e. The van der Waals surface area contributed by atoms with Gasteiger partial charge >= 0.3 is 6.09 Å². The van der Waals surface area contributed by atoms with E-state index < -0.39 is 0 Å². The Morgan fingerprint density at radius 1 is 1.26 bits per heavy atom. The van der Waals surface area contributed by atoms with Crippen molar-refractivity contribution < 1.29 is 9.53 Å². The molecule has 106 valence electrons. The van der Waals surface area contributed by atoms with Crippen LogP contribution in [0.3, 0.4) is 0 Å². The van der Waals surface area contributed by atoms with Gasteiger partial charge in [0.05, 0.1) is 4.47 Å². The van der Waals surface area contributed by atoms with Crippen molar-refractivity contribution in [3.8, 4) is 5.75 Å². The molecule has 0 saturated heterocycles. The minimum atomic E-state index is -0.334. The molecule has 1 aromatic rings. The van der Waals surface area contributed by atoms with Gasteiger partial charge in [-0.3, -0.25) is 4.98 Å². The molecule has 0 fully saturated rings. The van der Waals surface area contributed by atoms with Crippen LogP contribution in [0.4, 0.5) is 4.79 Å². The summed E-state index contributed by atoms with van der Waals surface area (Å²) < 4.78 is 6.23. The van der Waals surface area contributed by atoms with Gasteiger partial charge < -0.3 is 9.64 Å². The number of pyridine rings is 1. The van der Waals surface area contributed by atoms with E-state index in [-0.39, 0.29) is 18.2 Å². The Morgan fingerprint density at radius 3 is 2.26 bits per heavy atom. The maximum atomic E-state index is 12.3. The Labute approximate surface area is 123 Å². The standard InChI is InChI=1S/C14H21BrN2O2/c1-8(2)17(9(3)4)14(18)19-13-10(5)11(6)16-7-12(13)15/h7-9H,1-6H3. The molecule has 0 aliphatic heterocycles. The molecular weight excluding hydrogens is 308 g/mol. The second-order valence-electron chi connectivity index (χ2n) is 5.11. The van der Waals surface area contributed by atoms with Gasteiger partial charge in [0.1, 0.15) is 0 Å². The maximum absolute atomic E-state index is 12.3. The summed E-state index contributed by atoms with van der Waals surface area (Å²) >= 11 is 3.37. The quantitative estimate of drug-likeness (QED) is 0.839. The summed E-state index contributed by atoms with van der Waals surface area (Å²) in [6, 6.07) is 0.184. The second kappa shape index (κ2) is 6.37. The van der Waals surface area contributed by atoms with Gasteiger partial charge in [-0.1, -0.05) is 0 Å². The first-order chi connectivity index (χ1) is 8.75. The normalized spacial score (nSPS) is 11.0. The molecule has 1 amide bonds. The van der Waals surface area contributed by atoms with Crippen molar-refractivity contribution in [2.24, 2.45) is 0 Å². The Morgan fingerprint density at radius 2 is 1.79 bits per heavy atom. The molecule has 0 aliphatic carbocycles. The number of halogens is 1. The molecule has 1 rings (SSSR count). The molecule has 0 radical (unpaired) electrons. The third kappa shape index (κ3) is 3.69. The minimum absolute atomic E-state index is 0.0921. The molecule has 0 saturated carbocycles. The Balaban J connectivity index is 3.03. The van der Waals surface area contributed by atoms with Gasteiger partial charge in [0, 0.05) is 29.5 Å². The summed E-state index contributed by atoms with van der Waals surface area (Å²) in [5.74, 6) is 0.545. The summed E-state index contributed by atoms with van der Waals surface area (Å²) in [5.41, 5.74) is 1.72. The van der Waals surface area contributed by atoms with E-state index in [9.17, 15) is 4.79 Å². The van der Waals surface area contributed by atoms with E-state index in [1.807, 2.05) is 41.5 Å². The number of carbonyl (C=O) groups excluding carboxylic acids is 1. The molecule has 0 bridgehead atoms. The first-order valence-corrected chi connectivity index (χ1v) is 7.16. The fourth-order valence-corrected chi connectivity index (χ4v) is 2.42. The lowest BCUT2D eigenvalue weighted by atomic mass is 10.2. The highest BCUT2D eigenvalue weighted by Crippen LogP contribution is 2.30. The van der Waals surface area contributed by atoms with Gasteiger partial charge in [0.15, 0.2) is 5.75 Å². The van der Waals surface area contributed by atoms with Gasteiger partial charge in [0.2, 0.25) is 0 Å². The molecule has 0 N–H and O–H groups in total. The number of amides is 1. The predicted molar refractivity (Wildman–Crippen MR) is 79.5 cm³/mol. The molecule has 0 unspecified atom stereocenters. The molecule has 1 heterocycles. The molecule has 19 heavy (non-hydrogen) atoms. The van der Waals surface area contributed by atoms with Gasteiger partial charge in [-0.15, -0.1) is 0 Å². The summed E-state index contributed by atoms with van der Waals surface area (Å²) in [4.78, 5) is 18.2. The van der Waals surface area contributed by atoms with Crippen LogP contribution < -0.4 is 4.74 Å². The number of nitrogens with zero attached hydrogens (tertiary/aromatic N) is 2. The smallest absolute Gasteiger partial charge is 0.409 e. The van der Waals surface area contributed by atoms with Crippen molar-refractivity contribution in [1.82, 2.24) is 9.88 Å². The van der Waals surface area contributed by atoms with Gasteiger partial charge in [-0.05, 0) is 57.5 Å². The molecule has 1 aromatic heterocycles. The monoisotopic (exact) mass is 328 g/mol. The van der Waals surface area contributed by atoms with Crippen LogP contribution in [0.15, 0.2) is 10.7 Å². The zero-order chi connectivity index (χ0) is 14.7. The Bertz CT molecular complexity index is 465. The van der Waals surface area contributed by atoms with E-state index in [4.69, 9.17) is 4.74 Å². The van der Waals surface area contributed by atoms with Crippen molar-refractivity contribution in [3.63, 3.8) is 0 Å². The second-order valence-corrected chi connectivity index (χ2v) is 5.96. The van der Waals surface area contributed by atoms with Gasteiger partial charge in [0.25, 0.3) is 0 Å². The van der Waals surface area contributed by atoms with Crippen LogP contribution >= 0.6 is 15.9 Å². The van der Waals surface area contributed by atoms with E-state index in [0.29, 0.717) is 10.2 Å². The molecular formula is C14H21BrN2O2. The number of rotatable bonds is 3. The van der Waals surface area contributed by atoms with Gasteiger partial charge in [-0.2, -0.15) is 0 Å². The average Bonchev–Trinajstić information content (AvgIpc) is 2.28.